The molecule has 1 aromatic rings. The van der Waals surface area contributed by atoms with E-state index in [0.717, 1.165) is 0 Å². The summed E-state index contributed by atoms with van der Waals surface area (Å²) in [7, 11) is 0. The summed E-state index contributed by atoms with van der Waals surface area (Å²) in [4.78, 5) is 41.3. The number of amides is 1. The number of hydrogen-bond acceptors (Lipinski definition) is 8. The highest BCUT2D eigenvalue weighted by atomic mass is 16.4. The van der Waals surface area contributed by atoms with Crippen molar-refractivity contribution in [2.24, 2.45) is 5.92 Å². The second-order valence-corrected chi connectivity index (χ2v) is 6.11. The summed E-state index contributed by atoms with van der Waals surface area (Å²) in [5, 5.41) is 32.9. The summed E-state index contributed by atoms with van der Waals surface area (Å²) in [6.45, 7) is 0.525. The number of carboxylic acid groups (broad SMARTS) is 2. The smallest absolute Gasteiger partial charge is 0.326 e. The molecule has 0 fully saturated rings. The third-order valence-corrected chi connectivity index (χ3v) is 4.11. The Kier molecular flexibility index (Phi) is 6.15. The Morgan fingerprint density at radius 1 is 1.27 bits per heavy atom. The molecule has 1 amide bonds. The zero-order valence-corrected chi connectivity index (χ0v) is 13.9. The number of nitrogens with two attached hydrogens (primary N) is 1. The standard InChI is InChI=1S/C15H21N5O6/c16-15-19-12-8(13(24)20-15)5-7(6-17-12)1-3-10(21)18-9(14(25)26)2-4-11(22)23/h7,9H,1-6H2,(H,18,21)(H,22,23)(H,25,26)(H4,16,17,19,20,24)/t7-,9+/m0/s1. The number of fused-ring (bicyclic) bond motifs is 1. The van der Waals surface area contributed by atoms with Crippen molar-refractivity contribution >= 4 is 29.6 Å². The van der Waals surface area contributed by atoms with Gasteiger partial charge in [0.2, 0.25) is 17.7 Å². The monoisotopic (exact) mass is 367 g/mol. The van der Waals surface area contributed by atoms with Crippen molar-refractivity contribution in [2.75, 3.05) is 17.6 Å². The molecular weight excluding hydrogens is 346 g/mol. The molecule has 0 spiro atoms. The number of anilines is 2. The summed E-state index contributed by atoms with van der Waals surface area (Å²) in [5.74, 6) is -2.61. The second kappa shape index (κ2) is 8.32. The van der Waals surface area contributed by atoms with E-state index in [1.54, 1.807) is 0 Å². The van der Waals surface area contributed by atoms with E-state index in [2.05, 4.69) is 20.6 Å². The van der Waals surface area contributed by atoms with Gasteiger partial charge in [-0.15, -0.1) is 0 Å². The SMILES string of the molecule is Nc1nc(O)c2c(n1)NC[C@@H](CCC(=O)N[C@H](CCC(=O)O)C(=O)O)C2. The number of nitrogens with one attached hydrogen (secondary N) is 2. The first-order chi connectivity index (χ1) is 12.3. The van der Waals surface area contributed by atoms with Crippen molar-refractivity contribution in [1.29, 1.82) is 0 Å². The number of aliphatic carboxylic acids is 2. The van der Waals surface area contributed by atoms with Gasteiger partial charge in [0.1, 0.15) is 11.9 Å². The number of carbonyl (C=O) groups excluding carboxylic acids is 1. The molecule has 0 bridgehead atoms. The molecule has 0 aliphatic carbocycles. The third-order valence-electron chi connectivity index (χ3n) is 4.11. The molecule has 0 unspecified atom stereocenters. The number of rotatable bonds is 8. The zero-order valence-electron chi connectivity index (χ0n) is 13.9. The van der Waals surface area contributed by atoms with Crippen molar-refractivity contribution in [3.05, 3.63) is 5.56 Å². The number of nitrogens with zero attached hydrogens (tertiary/aromatic N) is 2. The van der Waals surface area contributed by atoms with Gasteiger partial charge >= 0.3 is 11.9 Å². The van der Waals surface area contributed by atoms with E-state index in [4.69, 9.17) is 15.9 Å². The molecule has 7 N–H and O–H groups in total. The number of hydrogen-bond donors (Lipinski definition) is 6. The minimum absolute atomic E-state index is 0.0219. The molecule has 11 nitrogen and oxygen atoms in total. The molecule has 2 rings (SSSR count). The van der Waals surface area contributed by atoms with Gasteiger partial charge < -0.3 is 31.7 Å². The summed E-state index contributed by atoms with van der Waals surface area (Å²) in [5.41, 5.74) is 6.00. The van der Waals surface area contributed by atoms with Crippen LogP contribution in [0.1, 0.15) is 31.2 Å². The molecule has 1 aliphatic rings. The zero-order chi connectivity index (χ0) is 19.3. The second-order valence-electron chi connectivity index (χ2n) is 6.11. The Labute approximate surface area is 148 Å². The molecular formula is C15H21N5O6. The summed E-state index contributed by atoms with van der Waals surface area (Å²) in [6.07, 6.45) is 0.468. The summed E-state index contributed by atoms with van der Waals surface area (Å²) >= 11 is 0. The first-order valence-corrected chi connectivity index (χ1v) is 8.09. The Bertz CT molecular complexity index is 710. The first kappa shape index (κ1) is 19.2. The maximum Gasteiger partial charge on any atom is 0.326 e. The lowest BCUT2D eigenvalue weighted by molar-refractivity contribution is -0.143. The average Bonchev–Trinajstić information content (AvgIpc) is 2.56. The predicted molar refractivity (Wildman–Crippen MR) is 89.5 cm³/mol. The van der Waals surface area contributed by atoms with E-state index < -0.39 is 23.9 Å². The van der Waals surface area contributed by atoms with Crippen LogP contribution in [0.4, 0.5) is 11.8 Å². The van der Waals surface area contributed by atoms with Crippen LogP contribution in [0.25, 0.3) is 0 Å². The first-order valence-electron chi connectivity index (χ1n) is 8.09. The van der Waals surface area contributed by atoms with Crippen molar-refractivity contribution in [3.63, 3.8) is 0 Å². The molecule has 2 heterocycles. The Hall–Kier alpha value is -3.11. The highest BCUT2D eigenvalue weighted by Crippen LogP contribution is 2.31. The average molecular weight is 367 g/mol. The van der Waals surface area contributed by atoms with E-state index in [-0.39, 0.29) is 37.0 Å². The van der Waals surface area contributed by atoms with Crippen LogP contribution in [0.15, 0.2) is 0 Å². The molecule has 0 saturated carbocycles. The van der Waals surface area contributed by atoms with Crippen molar-refractivity contribution in [3.8, 4) is 5.88 Å². The summed E-state index contributed by atoms with van der Waals surface area (Å²) in [6, 6.07) is -1.23. The number of carboxylic acids is 2. The molecule has 2 atom stereocenters. The topological polar surface area (TPSA) is 188 Å². The molecule has 0 saturated heterocycles. The van der Waals surface area contributed by atoms with E-state index in [1.807, 2.05) is 0 Å². The van der Waals surface area contributed by atoms with Crippen LogP contribution in [-0.4, -0.2) is 55.7 Å². The van der Waals surface area contributed by atoms with Gasteiger partial charge in [-0.1, -0.05) is 0 Å². The minimum atomic E-state index is -1.27. The van der Waals surface area contributed by atoms with Crippen molar-refractivity contribution in [1.82, 2.24) is 15.3 Å². The van der Waals surface area contributed by atoms with Gasteiger partial charge in [0.05, 0.1) is 5.56 Å². The lowest BCUT2D eigenvalue weighted by atomic mass is 9.92. The Balaban J connectivity index is 1.85. The number of aromatic hydroxyl groups is 1. The highest BCUT2D eigenvalue weighted by Gasteiger charge is 2.25. The van der Waals surface area contributed by atoms with Crippen LogP contribution >= 0.6 is 0 Å². The Morgan fingerprint density at radius 2 is 2.00 bits per heavy atom. The van der Waals surface area contributed by atoms with E-state index in [1.165, 1.54) is 0 Å². The van der Waals surface area contributed by atoms with Gasteiger partial charge in [-0.25, -0.2) is 4.79 Å². The molecule has 1 aliphatic heterocycles. The van der Waals surface area contributed by atoms with E-state index in [0.29, 0.717) is 30.8 Å². The van der Waals surface area contributed by atoms with Crippen LogP contribution < -0.4 is 16.4 Å². The van der Waals surface area contributed by atoms with Gasteiger partial charge in [-0.05, 0) is 25.2 Å². The van der Waals surface area contributed by atoms with Gasteiger partial charge in [-0.3, -0.25) is 9.59 Å². The molecule has 0 radical (unpaired) electrons. The van der Waals surface area contributed by atoms with Crippen LogP contribution in [0, 0.1) is 5.92 Å². The van der Waals surface area contributed by atoms with Crippen LogP contribution in [-0.2, 0) is 20.8 Å². The van der Waals surface area contributed by atoms with Crippen molar-refractivity contribution in [2.45, 2.75) is 38.1 Å². The van der Waals surface area contributed by atoms with Gasteiger partial charge in [0, 0.05) is 19.4 Å². The van der Waals surface area contributed by atoms with Gasteiger partial charge in [0.15, 0.2) is 0 Å². The minimum Gasteiger partial charge on any atom is -0.493 e. The molecule has 26 heavy (non-hydrogen) atoms. The molecule has 11 heteroatoms. The number of carbonyl (C=O) groups is 3. The van der Waals surface area contributed by atoms with E-state index in [9.17, 15) is 19.5 Å². The lowest BCUT2D eigenvalue weighted by Gasteiger charge is -2.25. The highest BCUT2D eigenvalue weighted by molar-refractivity contribution is 5.83. The largest absolute Gasteiger partial charge is 0.493 e. The predicted octanol–water partition coefficient (Wildman–Crippen LogP) is -0.437. The van der Waals surface area contributed by atoms with Crippen molar-refractivity contribution < 1.29 is 29.7 Å². The summed E-state index contributed by atoms with van der Waals surface area (Å²) < 4.78 is 0. The van der Waals surface area contributed by atoms with Crippen LogP contribution in [0.3, 0.4) is 0 Å². The molecule has 142 valence electrons. The Morgan fingerprint density at radius 3 is 2.65 bits per heavy atom. The fraction of sp³-hybridized carbons (Fsp3) is 0.533. The van der Waals surface area contributed by atoms with Gasteiger partial charge in [-0.2, -0.15) is 9.97 Å². The van der Waals surface area contributed by atoms with Crippen LogP contribution in [0.5, 0.6) is 5.88 Å². The van der Waals surface area contributed by atoms with Crippen LogP contribution in [0.2, 0.25) is 0 Å². The molecule has 1 aromatic heterocycles. The van der Waals surface area contributed by atoms with Gasteiger partial charge in [0.25, 0.3) is 0 Å². The fourth-order valence-electron chi connectivity index (χ4n) is 2.76. The lowest BCUT2D eigenvalue weighted by Crippen LogP contribution is -2.41. The maximum absolute atomic E-state index is 12.0. The quantitative estimate of drug-likeness (QED) is 0.351. The molecule has 0 aromatic carbocycles. The number of aromatic nitrogens is 2. The fourth-order valence-corrected chi connectivity index (χ4v) is 2.76. The maximum atomic E-state index is 12.0. The normalized spacial score (nSPS) is 16.8. The van der Waals surface area contributed by atoms with E-state index >= 15 is 0 Å². The third kappa shape index (κ3) is 5.19. The number of nitrogen functional groups attached to an aromatic ring is 1.